The standard InChI is InChI=1S/C32H33N3O4S/c1-22-12-15-26(16-13-22)40(36,37)35-28-21-32(23-8-5-4-6-9-23,24-14-17-29(38-2)30(20-24)39-3)19-18-27(28)31(34-35)33-25-10-7-11-25/h4-6,8-9,12-20,25H,7,10-11,21H2,1-3H3,(H,33,34). The highest BCUT2D eigenvalue weighted by Gasteiger charge is 2.40. The second-order valence-electron chi connectivity index (χ2n) is 10.6. The van der Waals surface area contributed by atoms with Gasteiger partial charge < -0.3 is 14.8 Å². The first kappa shape index (κ1) is 26.2. The molecule has 1 saturated carbocycles. The fourth-order valence-electron chi connectivity index (χ4n) is 5.61. The molecule has 2 aliphatic rings. The Morgan fingerprint density at radius 1 is 0.925 bits per heavy atom. The van der Waals surface area contributed by atoms with Crippen molar-refractivity contribution in [2.75, 3.05) is 19.5 Å². The Bertz CT molecular complexity index is 1670. The zero-order chi connectivity index (χ0) is 27.9. The van der Waals surface area contributed by atoms with E-state index >= 15 is 0 Å². The maximum atomic E-state index is 14.1. The Labute approximate surface area is 235 Å². The summed E-state index contributed by atoms with van der Waals surface area (Å²) in [6, 6.07) is 23.3. The van der Waals surface area contributed by atoms with Crippen LogP contribution in [-0.4, -0.2) is 37.9 Å². The molecule has 4 aromatic rings. The molecule has 0 saturated heterocycles. The smallest absolute Gasteiger partial charge is 0.283 e. The van der Waals surface area contributed by atoms with Crippen LogP contribution in [0.15, 0.2) is 83.8 Å². The third kappa shape index (κ3) is 4.36. The van der Waals surface area contributed by atoms with Gasteiger partial charge in [0.05, 0.1) is 24.8 Å². The van der Waals surface area contributed by atoms with E-state index < -0.39 is 15.4 Å². The van der Waals surface area contributed by atoms with Gasteiger partial charge in [0.25, 0.3) is 10.0 Å². The SMILES string of the molecule is COc1ccc(C2(c3ccccc3)C=Cc3c(NC4CCC4)nn(S(=O)(=O)c4ccc(C)cc4)c3C2)cc1OC. The van der Waals surface area contributed by atoms with Gasteiger partial charge in [-0.25, -0.2) is 0 Å². The fraction of sp³-hybridized carbons (Fsp3) is 0.281. The van der Waals surface area contributed by atoms with Crippen LogP contribution in [0.1, 0.15) is 47.2 Å². The molecule has 1 N–H and O–H groups in total. The highest BCUT2D eigenvalue weighted by atomic mass is 32.2. The topological polar surface area (TPSA) is 82.5 Å². The van der Waals surface area contributed by atoms with E-state index in [1.165, 1.54) is 4.09 Å². The average molecular weight is 556 g/mol. The van der Waals surface area contributed by atoms with Crippen molar-refractivity contribution in [1.82, 2.24) is 9.19 Å². The van der Waals surface area contributed by atoms with Crippen molar-refractivity contribution in [2.45, 2.75) is 49.0 Å². The molecule has 0 radical (unpaired) electrons. The van der Waals surface area contributed by atoms with Crippen LogP contribution in [-0.2, 0) is 21.9 Å². The highest BCUT2D eigenvalue weighted by molar-refractivity contribution is 7.89. The summed E-state index contributed by atoms with van der Waals surface area (Å²) in [4.78, 5) is 0.213. The zero-order valence-electron chi connectivity index (χ0n) is 22.9. The van der Waals surface area contributed by atoms with Crippen molar-refractivity contribution in [1.29, 1.82) is 0 Å². The molecule has 7 nitrogen and oxygen atoms in total. The molecule has 0 aliphatic heterocycles. The van der Waals surface area contributed by atoms with Crippen LogP contribution in [0.2, 0.25) is 0 Å². The van der Waals surface area contributed by atoms with Gasteiger partial charge >= 0.3 is 0 Å². The molecule has 8 heteroatoms. The Morgan fingerprint density at radius 3 is 2.30 bits per heavy atom. The third-order valence-electron chi connectivity index (χ3n) is 8.15. The summed E-state index contributed by atoms with van der Waals surface area (Å²) in [6.07, 6.45) is 7.85. The van der Waals surface area contributed by atoms with E-state index in [2.05, 4.69) is 23.5 Å². The van der Waals surface area contributed by atoms with E-state index in [9.17, 15) is 8.42 Å². The van der Waals surface area contributed by atoms with Gasteiger partial charge in [-0.15, -0.1) is 5.10 Å². The Kier molecular flexibility index (Phi) is 6.66. The van der Waals surface area contributed by atoms with E-state index in [0.717, 1.165) is 41.5 Å². The van der Waals surface area contributed by atoms with E-state index in [4.69, 9.17) is 14.6 Å². The first-order chi connectivity index (χ1) is 19.4. The van der Waals surface area contributed by atoms with Crippen molar-refractivity contribution in [3.63, 3.8) is 0 Å². The second-order valence-corrected chi connectivity index (χ2v) is 12.3. The lowest BCUT2D eigenvalue weighted by molar-refractivity contribution is 0.354. The number of allylic oxidation sites excluding steroid dienone is 1. The van der Waals surface area contributed by atoms with Gasteiger partial charge in [0.2, 0.25) is 0 Å². The number of aryl methyl sites for hydroxylation is 1. The van der Waals surface area contributed by atoms with Gasteiger partial charge in [-0.2, -0.15) is 12.5 Å². The minimum Gasteiger partial charge on any atom is -0.493 e. The highest BCUT2D eigenvalue weighted by Crippen LogP contribution is 2.46. The van der Waals surface area contributed by atoms with Gasteiger partial charge in [0, 0.05) is 23.4 Å². The number of benzene rings is 3. The number of nitrogens with zero attached hydrogens (tertiary/aromatic N) is 2. The van der Waals surface area contributed by atoms with Gasteiger partial charge in [0.1, 0.15) is 0 Å². The number of rotatable bonds is 8. The van der Waals surface area contributed by atoms with Crippen molar-refractivity contribution >= 4 is 21.9 Å². The average Bonchev–Trinajstić information content (AvgIpc) is 3.33. The monoisotopic (exact) mass is 555 g/mol. The second kappa shape index (κ2) is 10.2. The predicted molar refractivity (Wildman–Crippen MR) is 157 cm³/mol. The van der Waals surface area contributed by atoms with E-state index in [1.807, 2.05) is 61.5 Å². The summed E-state index contributed by atoms with van der Waals surface area (Å²) in [5.41, 5.74) is 3.79. The minimum absolute atomic E-state index is 0.213. The van der Waals surface area contributed by atoms with Crippen LogP contribution in [0.3, 0.4) is 0 Å². The fourth-order valence-corrected chi connectivity index (χ4v) is 6.93. The lowest BCUT2D eigenvalue weighted by Gasteiger charge is -2.35. The number of ether oxygens (including phenoxy) is 2. The normalized spacial score (nSPS) is 18.6. The van der Waals surface area contributed by atoms with Gasteiger partial charge in [-0.1, -0.05) is 66.2 Å². The molecule has 1 atom stereocenters. The summed E-state index contributed by atoms with van der Waals surface area (Å²) in [5.74, 6) is 1.86. The molecule has 3 aromatic carbocycles. The van der Waals surface area contributed by atoms with Crippen molar-refractivity contribution in [3.05, 3.63) is 107 Å². The summed E-state index contributed by atoms with van der Waals surface area (Å²) < 4.78 is 40.6. The van der Waals surface area contributed by atoms with Crippen LogP contribution in [0, 0.1) is 6.92 Å². The van der Waals surface area contributed by atoms with Crippen molar-refractivity contribution < 1.29 is 17.9 Å². The Balaban J connectivity index is 1.55. The van der Waals surface area contributed by atoms with Gasteiger partial charge in [-0.3, -0.25) is 0 Å². The number of hydrogen-bond donors (Lipinski definition) is 1. The first-order valence-electron chi connectivity index (χ1n) is 13.5. The lowest BCUT2D eigenvalue weighted by atomic mass is 9.68. The zero-order valence-corrected chi connectivity index (χ0v) is 23.7. The molecule has 1 unspecified atom stereocenters. The van der Waals surface area contributed by atoms with Crippen LogP contribution >= 0.6 is 0 Å². The predicted octanol–water partition coefficient (Wildman–Crippen LogP) is 5.97. The number of nitrogens with one attached hydrogen (secondary N) is 1. The first-order valence-corrected chi connectivity index (χ1v) is 15.0. The van der Waals surface area contributed by atoms with E-state index in [0.29, 0.717) is 35.5 Å². The summed E-state index contributed by atoms with van der Waals surface area (Å²) in [7, 11) is -0.720. The summed E-state index contributed by atoms with van der Waals surface area (Å²) in [6.45, 7) is 1.94. The molecule has 1 fully saturated rings. The van der Waals surface area contributed by atoms with Gasteiger partial charge in [-0.05, 0) is 61.6 Å². The molecule has 0 spiro atoms. The lowest BCUT2D eigenvalue weighted by Crippen LogP contribution is -2.32. The van der Waals surface area contributed by atoms with Crippen molar-refractivity contribution in [3.8, 4) is 11.5 Å². The number of aromatic nitrogens is 2. The van der Waals surface area contributed by atoms with Crippen molar-refractivity contribution in [2.24, 2.45) is 0 Å². The Morgan fingerprint density at radius 2 is 1.65 bits per heavy atom. The van der Waals surface area contributed by atoms with Gasteiger partial charge in [0.15, 0.2) is 17.3 Å². The number of anilines is 1. The molecule has 40 heavy (non-hydrogen) atoms. The maximum absolute atomic E-state index is 14.1. The van der Waals surface area contributed by atoms with Crippen LogP contribution in [0.5, 0.6) is 11.5 Å². The molecule has 2 aliphatic carbocycles. The molecular formula is C32H33N3O4S. The quantitative estimate of drug-likeness (QED) is 0.289. The molecule has 1 heterocycles. The van der Waals surface area contributed by atoms with Crippen LogP contribution < -0.4 is 14.8 Å². The molecular weight excluding hydrogens is 522 g/mol. The number of hydrogen-bond acceptors (Lipinski definition) is 6. The van der Waals surface area contributed by atoms with E-state index in [1.54, 1.807) is 26.4 Å². The van der Waals surface area contributed by atoms with Crippen LogP contribution in [0.4, 0.5) is 5.82 Å². The minimum atomic E-state index is -3.95. The van der Waals surface area contributed by atoms with E-state index in [-0.39, 0.29) is 4.90 Å². The summed E-state index contributed by atoms with van der Waals surface area (Å²) >= 11 is 0. The largest absolute Gasteiger partial charge is 0.493 e. The molecule has 0 bridgehead atoms. The molecule has 1 aromatic heterocycles. The maximum Gasteiger partial charge on any atom is 0.283 e. The summed E-state index contributed by atoms with van der Waals surface area (Å²) in [5, 5.41) is 8.24. The molecule has 0 amide bonds. The molecule has 6 rings (SSSR count). The number of fused-ring (bicyclic) bond motifs is 1. The number of methoxy groups -OCH3 is 2. The third-order valence-corrected chi connectivity index (χ3v) is 9.77. The van der Waals surface area contributed by atoms with Crippen LogP contribution in [0.25, 0.3) is 6.08 Å². The Hall–Kier alpha value is -4.04. The molecule has 206 valence electrons.